The lowest BCUT2D eigenvalue weighted by atomic mass is 9.88. The molecular weight excluding hydrogens is 314 g/mol. The zero-order valence-corrected chi connectivity index (χ0v) is 16.1. The van der Waals surface area contributed by atoms with Gasteiger partial charge in [0.15, 0.2) is 0 Å². The minimum atomic E-state index is 0.802. The summed E-state index contributed by atoms with van der Waals surface area (Å²) in [5, 5.41) is 0. The molecule has 2 aliphatic heterocycles. The lowest BCUT2D eigenvalue weighted by Gasteiger charge is -2.36. The van der Waals surface area contributed by atoms with Gasteiger partial charge in [0.1, 0.15) is 0 Å². The number of hydrogen-bond acceptors (Lipinski definition) is 4. The fraction of sp³-hybridized carbons (Fsp3) is 0.800. The maximum absolute atomic E-state index is 2.74. The van der Waals surface area contributed by atoms with Crippen LogP contribution in [0.5, 0.6) is 0 Å². The normalized spacial score (nSPS) is 28.6. The Hall–Kier alpha value is -0.420. The highest BCUT2D eigenvalue weighted by Crippen LogP contribution is 2.36. The minimum absolute atomic E-state index is 0.802. The third-order valence-corrected chi connectivity index (χ3v) is 7.60. The quantitative estimate of drug-likeness (QED) is 0.824. The predicted octanol–water partition coefficient (Wildman–Crippen LogP) is 3.62. The van der Waals surface area contributed by atoms with Gasteiger partial charge in [0.05, 0.1) is 0 Å². The van der Waals surface area contributed by atoms with E-state index in [1.807, 2.05) is 0 Å². The highest BCUT2D eigenvalue weighted by Gasteiger charge is 2.29. The smallest absolute Gasteiger partial charge is 0.0328 e. The molecule has 1 aromatic heterocycles. The second-order valence-corrected chi connectivity index (χ2v) is 9.36. The molecule has 3 nitrogen and oxygen atoms in total. The Labute approximate surface area is 151 Å². The molecule has 3 fully saturated rings. The van der Waals surface area contributed by atoms with Crippen molar-refractivity contribution in [3.05, 3.63) is 21.9 Å². The Bertz CT molecular complexity index is 515. The average molecular weight is 348 g/mol. The van der Waals surface area contributed by atoms with Crippen LogP contribution < -0.4 is 0 Å². The van der Waals surface area contributed by atoms with E-state index in [0.717, 1.165) is 12.0 Å². The van der Waals surface area contributed by atoms with Crippen LogP contribution in [0.4, 0.5) is 0 Å². The molecule has 0 aromatic carbocycles. The van der Waals surface area contributed by atoms with Crippen LogP contribution in [0.1, 0.15) is 54.2 Å². The standard InChI is InChI=1S/C20H33N3S/c1-21-11-13-23(14-12-21)18-9-10-22(15-18)16-19-7-8-20(24-19)17-5-3-2-4-6-17/h7-8,17-18H,2-6,9-16H2,1H3/t18-/m1/s1. The molecule has 0 N–H and O–H groups in total. The van der Waals surface area contributed by atoms with Crippen LogP contribution >= 0.6 is 11.3 Å². The molecule has 134 valence electrons. The largest absolute Gasteiger partial charge is 0.304 e. The van der Waals surface area contributed by atoms with E-state index in [9.17, 15) is 0 Å². The molecule has 0 amide bonds. The monoisotopic (exact) mass is 347 g/mol. The van der Waals surface area contributed by atoms with E-state index in [0.29, 0.717) is 0 Å². The zero-order chi connectivity index (χ0) is 16.4. The van der Waals surface area contributed by atoms with Crippen molar-refractivity contribution >= 4 is 11.3 Å². The van der Waals surface area contributed by atoms with Crippen LogP contribution in [0.3, 0.4) is 0 Å². The first-order valence-electron chi connectivity index (χ1n) is 10.0. The van der Waals surface area contributed by atoms with E-state index in [2.05, 4.69) is 45.2 Å². The predicted molar refractivity (Wildman–Crippen MR) is 103 cm³/mol. The third kappa shape index (κ3) is 4.04. The van der Waals surface area contributed by atoms with Crippen LogP contribution in [0.2, 0.25) is 0 Å². The van der Waals surface area contributed by atoms with Crippen LogP contribution in [0.15, 0.2) is 12.1 Å². The Kier molecular flexibility index (Phi) is 5.57. The van der Waals surface area contributed by atoms with E-state index >= 15 is 0 Å². The third-order valence-electron chi connectivity index (χ3n) is 6.37. The first kappa shape index (κ1) is 17.0. The summed E-state index contributed by atoms with van der Waals surface area (Å²) >= 11 is 2.10. The van der Waals surface area contributed by atoms with Crippen LogP contribution in [-0.4, -0.2) is 67.1 Å². The summed E-state index contributed by atoms with van der Waals surface area (Å²) < 4.78 is 0. The number of thiophene rings is 1. The molecular formula is C20H33N3S. The number of hydrogen-bond donors (Lipinski definition) is 0. The van der Waals surface area contributed by atoms with E-state index in [4.69, 9.17) is 0 Å². The molecule has 0 radical (unpaired) electrons. The van der Waals surface area contributed by atoms with E-state index < -0.39 is 0 Å². The minimum Gasteiger partial charge on any atom is -0.304 e. The van der Waals surface area contributed by atoms with Gasteiger partial charge in [-0.3, -0.25) is 9.80 Å². The first-order chi connectivity index (χ1) is 11.8. The van der Waals surface area contributed by atoms with Crippen LogP contribution in [0.25, 0.3) is 0 Å². The molecule has 2 saturated heterocycles. The molecule has 1 aromatic rings. The van der Waals surface area contributed by atoms with Gasteiger partial charge in [-0.15, -0.1) is 11.3 Å². The van der Waals surface area contributed by atoms with Crippen molar-refractivity contribution in [1.29, 1.82) is 0 Å². The van der Waals surface area contributed by atoms with Crippen LogP contribution in [-0.2, 0) is 6.54 Å². The summed E-state index contributed by atoms with van der Waals surface area (Å²) in [5.41, 5.74) is 0. The number of likely N-dealkylation sites (N-methyl/N-ethyl adjacent to an activating group) is 1. The molecule has 4 heteroatoms. The lowest BCUT2D eigenvalue weighted by molar-refractivity contribution is 0.112. The fourth-order valence-corrected chi connectivity index (χ4v) is 5.97. The molecule has 3 aliphatic rings. The summed E-state index contributed by atoms with van der Waals surface area (Å²) in [6, 6.07) is 5.65. The average Bonchev–Trinajstić information content (AvgIpc) is 3.27. The summed E-state index contributed by atoms with van der Waals surface area (Å²) in [5.74, 6) is 0.870. The molecule has 1 saturated carbocycles. The summed E-state index contributed by atoms with van der Waals surface area (Å²) in [4.78, 5) is 11.2. The number of rotatable bonds is 4. The van der Waals surface area contributed by atoms with Crippen molar-refractivity contribution in [1.82, 2.24) is 14.7 Å². The van der Waals surface area contributed by atoms with Crippen molar-refractivity contribution in [3.8, 4) is 0 Å². The Morgan fingerprint density at radius 2 is 1.75 bits per heavy atom. The number of piperazine rings is 1. The van der Waals surface area contributed by atoms with Gasteiger partial charge in [0.2, 0.25) is 0 Å². The molecule has 1 atom stereocenters. The molecule has 3 heterocycles. The van der Waals surface area contributed by atoms with E-state index in [1.165, 1.54) is 84.3 Å². The molecule has 24 heavy (non-hydrogen) atoms. The first-order valence-corrected chi connectivity index (χ1v) is 10.8. The summed E-state index contributed by atoms with van der Waals surface area (Å²) in [6.45, 7) is 8.76. The Morgan fingerprint density at radius 3 is 2.54 bits per heavy atom. The highest BCUT2D eigenvalue weighted by atomic mass is 32.1. The lowest BCUT2D eigenvalue weighted by Crippen LogP contribution is -2.49. The van der Waals surface area contributed by atoms with Gasteiger partial charge in [-0.2, -0.15) is 0 Å². The molecule has 0 bridgehead atoms. The van der Waals surface area contributed by atoms with Crippen molar-refractivity contribution in [2.24, 2.45) is 0 Å². The van der Waals surface area contributed by atoms with Crippen molar-refractivity contribution < 1.29 is 0 Å². The fourth-order valence-electron chi connectivity index (χ4n) is 4.75. The number of nitrogens with zero attached hydrogens (tertiary/aromatic N) is 3. The molecule has 0 unspecified atom stereocenters. The Morgan fingerprint density at radius 1 is 0.958 bits per heavy atom. The van der Waals surface area contributed by atoms with Gasteiger partial charge in [0, 0.05) is 61.6 Å². The maximum Gasteiger partial charge on any atom is 0.0328 e. The second kappa shape index (κ2) is 7.86. The molecule has 0 spiro atoms. The van der Waals surface area contributed by atoms with Gasteiger partial charge < -0.3 is 4.90 Å². The van der Waals surface area contributed by atoms with Crippen molar-refractivity contribution in [2.45, 2.75) is 57.0 Å². The van der Waals surface area contributed by atoms with Gasteiger partial charge >= 0.3 is 0 Å². The van der Waals surface area contributed by atoms with Crippen LogP contribution in [0, 0.1) is 0 Å². The molecule has 1 aliphatic carbocycles. The maximum atomic E-state index is 2.74. The van der Waals surface area contributed by atoms with Gasteiger partial charge in [0.25, 0.3) is 0 Å². The topological polar surface area (TPSA) is 9.72 Å². The zero-order valence-electron chi connectivity index (χ0n) is 15.3. The van der Waals surface area contributed by atoms with E-state index in [-0.39, 0.29) is 0 Å². The summed E-state index contributed by atoms with van der Waals surface area (Å²) in [7, 11) is 2.25. The Balaban J connectivity index is 1.28. The van der Waals surface area contributed by atoms with Gasteiger partial charge in [-0.05, 0) is 44.4 Å². The highest BCUT2D eigenvalue weighted by molar-refractivity contribution is 7.12. The van der Waals surface area contributed by atoms with Crippen molar-refractivity contribution in [2.75, 3.05) is 46.3 Å². The van der Waals surface area contributed by atoms with E-state index in [1.54, 1.807) is 9.75 Å². The SMILES string of the molecule is CN1CCN([C@@H]2CCN(Cc3ccc(C4CCCCC4)s3)C2)CC1. The number of likely N-dealkylation sites (tertiary alicyclic amines) is 1. The van der Waals surface area contributed by atoms with Crippen molar-refractivity contribution in [3.63, 3.8) is 0 Å². The summed E-state index contributed by atoms with van der Waals surface area (Å²) in [6.07, 6.45) is 8.55. The van der Waals surface area contributed by atoms with Gasteiger partial charge in [-0.25, -0.2) is 0 Å². The second-order valence-electron chi connectivity index (χ2n) is 8.16. The molecule has 4 rings (SSSR count). The van der Waals surface area contributed by atoms with Gasteiger partial charge in [-0.1, -0.05) is 19.3 Å².